The minimum Gasteiger partial charge on any atom is -0.307 e. The summed E-state index contributed by atoms with van der Waals surface area (Å²) >= 11 is 3.27. The van der Waals surface area contributed by atoms with Crippen LogP contribution in [0.4, 0.5) is 8.78 Å². The SMILES string of the molecule is Fc1ccccc1-n1cc(Br)c2ncnc(F)c21. The van der Waals surface area contributed by atoms with Crippen molar-refractivity contribution in [3.63, 3.8) is 0 Å². The van der Waals surface area contributed by atoms with E-state index in [0.29, 0.717) is 9.99 Å². The first kappa shape index (κ1) is 11.3. The van der Waals surface area contributed by atoms with Crippen molar-refractivity contribution in [2.24, 2.45) is 0 Å². The van der Waals surface area contributed by atoms with Crippen LogP contribution in [0.15, 0.2) is 41.3 Å². The van der Waals surface area contributed by atoms with E-state index in [1.165, 1.54) is 10.6 Å². The second-order valence-electron chi connectivity index (χ2n) is 3.66. The summed E-state index contributed by atoms with van der Waals surface area (Å²) in [5.41, 5.74) is 0.808. The molecule has 0 bridgehead atoms. The molecular weight excluding hydrogens is 304 g/mol. The van der Waals surface area contributed by atoms with E-state index in [1.807, 2.05) is 0 Å². The van der Waals surface area contributed by atoms with E-state index in [1.54, 1.807) is 24.4 Å². The maximum absolute atomic E-state index is 13.8. The molecular formula is C12H6BrF2N3. The zero-order chi connectivity index (χ0) is 12.7. The second-order valence-corrected chi connectivity index (χ2v) is 4.51. The molecule has 0 atom stereocenters. The predicted octanol–water partition coefficient (Wildman–Crippen LogP) is 3.46. The lowest BCUT2D eigenvalue weighted by Gasteiger charge is -2.05. The van der Waals surface area contributed by atoms with Gasteiger partial charge in [-0.25, -0.2) is 14.4 Å². The Morgan fingerprint density at radius 3 is 2.67 bits per heavy atom. The highest BCUT2D eigenvalue weighted by atomic mass is 79.9. The Hall–Kier alpha value is -1.82. The number of para-hydroxylation sites is 1. The predicted molar refractivity (Wildman–Crippen MR) is 66.5 cm³/mol. The average Bonchev–Trinajstić information content (AvgIpc) is 2.69. The fraction of sp³-hybridized carbons (Fsp3) is 0. The molecule has 0 N–H and O–H groups in total. The number of aromatic nitrogens is 3. The maximum Gasteiger partial charge on any atom is 0.240 e. The van der Waals surface area contributed by atoms with Gasteiger partial charge in [0.05, 0.1) is 10.2 Å². The van der Waals surface area contributed by atoms with Crippen molar-refractivity contribution in [2.45, 2.75) is 0 Å². The largest absolute Gasteiger partial charge is 0.307 e. The molecule has 0 saturated carbocycles. The molecule has 0 amide bonds. The molecule has 90 valence electrons. The lowest BCUT2D eigenvalue weighted by atomic mass is 10.3. The van der Waals surface area contributed by atoms with Gasteiger partial charge < -0.3 is 4.57 Å². The Bertz CT molecular complexity index is 739. The molecule has 2 heterocycles. The van der Waals surface area contributed by atoms with Crippen LogP contribution in [0.1, 0.15) is 0 Å². The standard InChI is InChI=1S/C12H6BrF2N3/c13-7-5-18(9-4-2-1-3-8(9)14)11-10(7)16-6-17-12(11)15/h1-6H. The van der Waals surface area contributed by atoms with Crippen molar-refractivity contribution in [3.8, 4) is 5.69 Å². The van der Waals surface area contributed by atoms with Crippen molar-refractivity contribution in [1.82, 2.24) is 14.5 Å². The van der Waals surface area contributed by atoms with Crippen LogP contribution in [-0.2, 0) is 0 Å². The molecule has 2 aromatic heterocycles. The first-order valence-corrected chi connectivity index (χ1v) is 5.89. The van der Waals surface area contributed by atoms with Crippen LogP contribution in [0.3, 0.4) is 0 Å². The number of benzene rings is 1. The number of rotatable bonds is 1. The second kappa shape index (κ2) is 4.13. The molecule has 0 aliphatic heterocycles. The van der Waals surface area contributed by atoms with Crippen LogP contribution < -0.4 is 0 Å². The average molecular weight is 310 g/mol. The Morgan fingerprint density at radius 1 is 1.11 bits per heavy atom. The monoisotopic (exact) mass is 309 g/mol. The number of hydrogen-bond donors (Lipinski definition) is 0. The van der Waals surface area contributed by atoms with Gasteiger partial charge in [-0.2, -0.15) is 4.39 Å². The topological polar surface area (TPSA) is 30.7 Å². The first-order valence-electron chi connectivity index (χ1n) is 5.10. The summed E-state index contributed by atoms with van der Waals surface area (Å²) < 4.78 is 29.5. The molecule has 0 aliphatic carbocycles. The summed E-state index contributed by atoms with van der Waals surface area (Å²) in [5, 5.41) is 0. The van der Waals surface area contributed by atoms with E-state index in [0.717, 1.165) is 6.33 Å². The van der Waals surface area contributed by atoms with Crippen LogP contribution >= 0.6 is 15.9 Å². The molecule has 0 aliphatic rings. The van der Waals surface area contributed by atoms with E-state index < -0.39 is 11.8 Å². The molecule has 0 unspecified atom stereocenters. The van der Waals surface area contributed by atoms with Gasteiger partial charge in [-0.1, -0.05) is 12.1 Å². The third-order valence-electron chi connectivity index (χ3n) is 2.60. The van der Waals surface area contributed by atoms with Crippen molar-refractivity contribution in [1.29, 1.82) is 0 Å². The van der Waals surface area contributed by atoms with Crippen LogP contribution in [0, 0.1) is 11.8 Å². The minimum absolute atomic E-state index is 0.148. The molecule has 0 radical (unpaired) electrons. The van der Waals surface area contributed by atoms with E-state index in [4.69, 9.17) is 0 Å². The zero-order valence-electron chi connectivity index (χ0n) is 8.94. The zero-order valence-corrected chi connectivity index (χ0v) is 10.5. The Morgan fingerprint density at radius 2 is 1.89 bits per heavy atom. The van der Waals surface area contributed by atoms with Gasteiger partial charge in [0.25, 0.3) is 0 Å². The quantitative estimate of drug-likeness (QED) is 0.645. The summed E-state index contributed by atoms with van der Waals surface area (Å²) in [4.78, 5) is 7.47. The minimum atomic E-state index is -0.686. The molecule has 3 aromatic rings. The van der Waals surface area contributed by atoms with Crippen LogP contribution in [0.25, 0.3) is 16.7 Å². The third-order valence-corrected chi connectivity index (χ3v) is 3.18. The molecule has 1 aromatic carbocycles. The molecule has 3 rings (SSSR count). The molecule has 6 heteroatoms. The van der Waals surface area contributed by atoms with Gasteiger partial charge in [-0.15, -0.1) is 0 Å². The van der Waals surface area contributed by atoms with Crippen molar-refractivity contribution < 1.29 is 8.78 Å². The highest BCUT2D eigenvalue weighted by Crippen LogP contribution is 2.28. The fourth-order valence-electron chi connectivity index (χ4n) is 1.82. The highest BCUT2D eigenvalue weighted by Gasteiger charge is 2.16. The maximum atomic E-state index is 13.8. The molecule has 0 fully saturated rings. The van der Waals surface area contributed by atoms with Crippen molar-refractivity contribution in [3.05, 3.63) is 53.0 Å². The highest BCUT2D eigenvalue weighted by molar-refractivity contribution is 9.10. The van der Waals surface area contributed by atoms with Gasteiger partial charge in [0, 0.05) is 6.20 Å². The molecule has 0 saturated heterocycles. The van der Waals surface area contributed by atoms with Gasteiger partial charge in [0.1, 0.15) is 23.2 Å². The Labute approximate surface area is 109 Å². The Balaban J connectivity index is 2.41. The fourth-order valence-corrected chi connectivity index (χ4v) is 2.32. The van der Waals surface area contributed by atoms with Gasteiger partial charge in [0.2, 0.25) is 5.95 Å². The van der Waals surface area contributed by atoms with Crippen LogP contribution in [-0.4, -0.2) is 14.5 Å². The van der Waals surface area contributed by atoms with Gasteiger partial charge in [0.15, 0.2) is 0 Å². The summed E-state index contributed by atoms with van der Waals surface area (Å²) in [6.07, 6.45) is 2.70. The van der Waals surface area contributed by atoms with E-state index >= 15 is 0 Å². The van der Waals surface area contributed by atoms with Crippen LogP contribution in [0.5, 0.6) is 0 Å². The lowest BCUT2D eigenvalue weighted by molar-refractivity contribution is 0.585. The molecule has 0 spiro atoms. The summed E-state index contributed by atoms with van der Waals surface area (Å²) in [6, 6.07) is 6.14. The Kier molecular flexibility index (Phi) is 2.59. The van der Waals surface area contributed by atoms with Gasteiger partial charge in [-0.05, 0) is 28.1 Å². The number of fused-ring (bicyclic) bond motifs is 1. The first-order chi connectivity index (χ1) is 8.68. The number of nitrogens with zero attached hydrogens (tertiary/aromatic N) is 3. The van der Waals surface area contributed by atoms with E-state index in [-0.39, 0.29) is 11.2 Å². The lowest BCUT2D eigenvalue weighted by Crippen LogP contribution is -1.98. The summed E-state index contributed by atoms with van der Waals surface area (Å²) in [6.45, 7) is 0. The smallest absolute Gasteiger partial charge is 0.240 e. The van der Waals surface area contributed by atoms with Gasteiger partial charge in [-0.3, -0.25) is 0 Å². The molecule has 18 heavy (non-hydrogen) atoms. The number of hydrogen-bond acceptors (Lipinski definition) is 2. The normalized spacial score (nSPS) is 11.1. The van der Waals surface area contributed by atoms with Crippen molar-refractivity contribution >= 4 is 27.0 Å². The van der Waals surface area contributed by atoms with E-state index in [2.05, 4.69) is 25.9 Å². The third kappa shape index (κ3) is 1.60. The summed E-state index contributed by atoms with van der Waals surface area (Å²) in [5.74, 6) is -1.13. The van der Waals surface area contributed by atoms with Gasteiger partial charge >= 0.3 is 0 Å². The van der Waals surface area contributed by atoms with Crippen LogP contribution in [0.2, 0.25) is 0 Å². The van der Waals surface area contributed by atoms with Crippen molar-refractivity contribution in [2.75, 3.05) is 0 Å². The number of halogens is 3. The van der Waals surface area contributed by atoms with E-state index in [9.17, 15) is 8.78 Å². The molecule has 3 nitrogen and oxygen atoms in total. The summed E-state index contributed by atoms with van der Waals surface area (Å²) in [7, 11) is 0.